The molecule has 9 nitrogen and oxygen atoms in total. The number of hydrogen-bond acceptors (Lipinski definition) is 6. The number of halogens is 1. The van der Waals surface area contributed by atoms with Gasteiger partial charge in [0.1, 0.15) is 18.0 Å². The number of aryl methyl sites for hydroxylation is 1. The molecular formula is C13H14FN5O4S. The molecule has 2 heterocycles. The molecule has 1 amide bonds. The fourth-order valence-corrected chi connectivity index (χ4v) is 3.52. The van der Waals surface area contributed by atoms with Crippen molar-refractivity contribution in [2.45, 2.75) is 6.54 Å². The first-order chi connectivity index (χ1) is 11.3. The molecule has 3 N–H and O–H groups in total. The zero-order chi connectivity index (χ0) is 17.5. The number of nitrogens with one attached hydrogen (secondary N) is 2. The number of carbonyl (C=O) groups is 1. The van der Waals surface area contributed by atoms with Gasteiger partial charge in [-0.05, 0) is 17.7 Å². The van der Waals surface area contributed by atoms with Crippen molar-refractivity contribution >= 4 is 27.8 Å². The van der Waals surface area contributed by atoms with Crippen LogP contribution in [-0.2, 0) is 28.6 Å². The van der Waals surface area contributed by atoms with E-state index in [1.165, 1.54) is 6.07 Å². The SMILES string of the molecule is Cn1ccnc1NCc1cc(O)c(N2CC(=O)NS2(=O)=O)c(F)c1. The van der Waals surface area contributed by atoms with E-state index >= 15 is 0 Å². The van der Waals surface area contributed by atoms with Gasteiger partial charge in [0.05, 0.1) is 0 Å². The van der Waals surface area contributed by atoms with Gasteiger partial charge in [-0.25, -0.2) is 18.4 Å². The van der Waals surface area contributed by atoms with E-state index in [2.05, 4.69) is 10.3 Å². The number of hydrogen-bond donors (Lipinski definition) is 3. The molecule has 0 atom stereocenters. The Balaban J connectivity index is 1.87. The van der Waals surface area contributed by atoms with E-state index in [-0.39, 0.29) is 6.54 Å². The molecule has 1 fully saturated rings. The molecule has 0 bridgehead atoms. The Morgan fingerprint density at radius 2 is 2.21 bits per heavy atom. The monoisotopic (exact) mass is 355 g/mol. The fraction of sp³-hybridized carbons (Fsp3) is 0.231. The first kappa shape index (κ1) is 16.1. The van der Waals surface area contributed by atoms with Crippen LogP contribution < -0.4 is 14.3 Å². The van der Waals surface area contributed by atoms with Crippen molar-refractivity contribution in [3.63, 3.8) is 0 Å². The van der Waals surface area contributed by atoms with Crippen LogP contribution in [-0.4, -0.2) is 35.5 Å². The molecule has 128 valence electrons. The smallest absolute Gasteiger partial charge is 0.326 e. The van der Waals surface area contributed by atoms with Gasteiger partial charge in [0.25, 0.3) is 5.91 Å². The van der Waals surface area contributed by atoms with Crippen LogP contribution in [0.2, 0.25) is 0 Å². The van der Waals surface area contributed by atoms with Crippen LogP contribution in [0, 0.1) is 5.82 Å². The standard InChI is InChI=1S/C13H14FN5O4S/c1-18-3-2-15-13(18)16-6-8-4-9(14)12(10(20)5-8)19-7-11(21)17-24(19,22)23/h2-5,20H,6-7H2,1H3,(H,15,16)(H,17,21). The highest BCUT2D eigenvalue weighted by molar-refractivity contribution is 7.92. The van der Waals surface area contributed by atoms with Gasteiger partial charge in [-0.15, -0.1) is 0 Å². The molecular weight excluding hydrogens is 341 g/mol. The highest BCUT2D eigenvalue weighted by Gasteiger charge is 2.37. The van der Waals surface area contributed by atoms with Crippen LogP contribution in [0.3, 0.4) is 0 Å². The number of imidazole rings is 1. The number of aromatic nitrogens is 2. The van der Waals surface area contributed by atoms with Crippen molar-refractivity contribution in [3.05, 3.63) is 35.9 Å². The lowest BCUT2D eigenvalue weighted by Gasteiger charge is -2.18. The Hall–Kier alpha value is -2.82. The Labute approximate surface area is 136 Å². The third-order valence-electron chi connectivity index (χ3n) is 3.44. The van der Waals surface area contributed by atoms with Gasteiger partial charge < -0.3 is 15.0 Å². The maximum absolute atomic E-state index is 14.3. The molecule has 0 spiro atoms. The summed E-state index contributed by atoms with van der Waals surface area (Å²) in [6, 6.07) is 2.32. The van der Waals surface area contributed by atoms with E-state index in [9.17, 15) is 22.7 Å². The second-order valence-corrected chi connectivity index (χ2v) is 6.79. The normalized spacial score (nSPS) is 16.2. The summed E-state index contributed by atoms with van der Waals surface area (Å²) < 4.78 is 41.8. The van der Waals surface area contributed by atoms with Crippen molar-refractivity contribution in [3.8, 4) is 5.75 Å². The molecule has 1 saturated heterocycles. The van der Waals surface area contributed by atoms with E-state index in [4.69, 9.17) is 0 Å². The van der Waals surface area contributed by atoms with Crippen molar-refractivity contribution in [1.29, 1.82) is 0 Å². The van der Waals surface area contributed by atoms with Crippen molar-refractivity contribution in [1.82, 2.24) is 14.3 Å². The highest BCUT2D eigenvalue weighted by atomic mass is 32.2. The van der Waals surface area contributed by atoms with Gasteiger partial charge in [-0.2, -0.15) is 8.42 Å². The van der Waals surface area contributed by atoms with Crippen LogP contribution in [0.15, 0.2) is 24.5 Å². The summed E-state index contributed by atoms with van der Waals surface area (Å²) in [6.45, 7) is -0.419. The average molecular weight is 355 g/mol. The maximum Gasteiger partial charge on any atom is 0.326 e. The minimum atomic E-state index is -4.20. The van der Waals surface area contributed by atoms with Crippen LogP contribution in [0.4, 0.5) is 16.0 Å². The highest BCUT2D eigenvalue weighted by Crippen LogP contribution is 2.34. The van der Waals surface area contributed by atoms with E-state index < -0.39 is 39.9 Å². The number of benzene rings is 1. The van der Waals surface area contributed by atoms with Crippen molar-refractivity contribution < 1.29 is 22.7 Å². The van der Waals surface area contributed by atoms with Crippen LogP contribution >= 0.6 is 0 Å². The molecule has 3 rings (SSSR count). The molecule has 0 unspecified atom stereocenters. The lowest BCUT2D eigenvalue weighted by molar-refractivity contribution is -0.117. The number of rotatable bonds is 4. The molecule has 11 heteroatoms. The number of phenolic OH excluding ortho intramolecular Hbond substituents is 1. The molecule has 0 saturated carbocycles. The molecule has 0 aliphatic carbocycles. The topological polar surface area (TPSA) is 117 Å². The van der Waals surface area contributed by atoms with Crippen molar-refractivity contribution in [2.24, 2.45) is 7.05 Å². The first-order valence-electron chi connectivity index (χ1n) is 6.84. The summed E-state index contributed by atoms with van der Waals surface area (Å²) in [5, 5.41) is 13.0. The van der Waals surface area contributed by atoms with E-state index in [0.717, 1.165) is 6.07 Å². The molecule has 1 aromatic carbocycles. The number of phenols is 1. The zero-order valence-electron chi connectivity index (χ0n) is 12.5. The predicted octanol–water partition coefficient (Wildman–Crippen LogP) is 0.0579. The molecule has 0 radical (unpaired) electrons. The summed E-state index contributed by atoms with van der Waals surface area (Å²) in [5.74, 6) is -1.77. The maximum atomic E-state index is 14.3. The third-order valence-corrected chi connectivity index (χ3v) is 4.82. The van der Waals surface area contributed by atoms with E-state index in [1.807, 2.05) is 0 Å². The third kappa shape index (κ3) is 2.85. The number of anilines is 2. The van der Waals surface area contributed by atoms with E-state index in [0.29, 0.717) is 15.8 Å². The summed E-state index contributed by atoms with van der Waals surface area (Å²) in [6.07, 6.45) is 3.32. The molecule has 1 aliphatic rings. The number of aromatic hydroxyl groups is 1. The van der Waals surface area contributed by atoms with Gasteiger partial charge in [-0.1, -0.05) is 0 Å². The van der Waals surface area contributed by atoms with Gasteiger partial charge in [0.15, 0.2) is 5.82 Å². The van der Waals surface area contributed by atoms with Gasteiger partial charge in [0.2, 0.25) is 5.95 Å². The summed E-state index contributed by atoms with van der Waals surface area (Å²) in [5.41, 5.74) is -0.179. The first-order valence-corrected chi connectivity index (χ1v) is 8.28. The van der Waals surface area contributed by atoms with E-state index in [1.54, 1.807) is 28.7 Å². The largest absolute Gasteiger partial charge is 0.506 e. The second-order valence-electron chi connectivity index (χ2n) is 5.20. The zero-order valence-corrected chi connectivity index (χ0v) is 13.3. The number of amides is 1. The van der Waals surface area contributed by atoms with Crippen LogP contribution in [0.25, 0.3) is 0 Å². The average Bonchev–Trinajstić information content (AvgIpc) is 2.99. The van der Waals surface area contributed by atoms with Crippen LogP contribution in [0.5, 0.6) is 5.75 Å². The second kappa shape index (κ2) is 5.67. The van der Waals surface area contributed by atoms with Crippen molar-refractivity contribution in [2.75, 3.05) is 16.2 Å². The summed E-state index contributed by atoms with van der Waals surface area (Å²) >= 11 is 0. The number of nitrogens with zero attached hydrogens (tertiary/aromatic N) is 3. The minimum Gasteiger partial charge on any atom is -0.506 e. The van der Waals surface area contributed by atoms with Gasteiger partial charge in [-0.3, -0.25) is 4.79 Å². The van der Waals surface area contributed by atoms with Gasteiger partial charge >= 0.3 is 10.2 Å². The van der Waals surface area contributed by atoms with Crippen LogP contribution in [0.1, 0.15) is 5.56 Å². The molecule has 1 aliphatic heterocycles. The quantitative estimate of drug-likeness (QED) is 0.714. The summed E-state index contributed by atoms with van der Waals surface area (Å²) in [7, 11) is -2.42. The van der Waals surface area contributed by atoms with Gasteiger partial charge in [0, 0.05) is 26.0 Å². The lowest BCUT2D eigenvalue weighted by atomic mass is 10.1. The predicted molar refractivity (Wildman–Crippen MR) is 83.0 cm³/mol. The summed E-state index contributed by atoms with van der Waals surface area (Å²) in [4.78, 5) is 15.3. The number of carbonyl (C=O) groups excluding carboxylic acids is 1. The minimum absolute atomic E-state index is 0.166. The Morgan fingerprint density at radius 3 is 2.75 bits per heavy atom. The molecule has 1 aromatic heterocycles. The fourth-order valence-electron chi connectivity index (χ4n) is 2.35. The molecule has 2 aromatic rings. The Bertz CT molecular complexity index is 888. The Morgan fingerprint density at radius 1 is 1.46 bits per heavy atom. The lowest BCUT2D eigenvalue weighted by Crippen LogP contribution is -2.30. The Kier molecular flexibility index (Phi) is 3.79. The molecule has 24 heavy (non-hydrogen) atoms.